The number of nitrogens with zero attached hydrogens (tertiary/aromatic N) is 1. The minimum absolute atomic E-state index is 0.564. The first-order chi connectivity index (χ1) is 6.90. The van der Waals surface area contributed by atoms with Gasteiger partial charge in [0.2, 0.25) is 0 Å². The lowest BCUT2D eigenvalue weighted by molar-refractivity contribution is 0.346. The maximum Gasteiger partial charge on any atom is 0.289 e. The Labute approximate surface area is 82.6 Å². The maximum atomic E-state index is 5.24. The molecule has 1 aromatic carbocycles. The van der Waals surface area contributed by atoms with Gasteiger partial charge in [-0.15, -0.1) is 0 Å². The Kier molecular flexibility index (Phi) is 2.53. The lowest BCUT2D eigenvalue weighted by atomic mass is 10.3. The molecule has 2 rings (SSSR count). The van der Waals surface area contributed by atoms with Gasteiger partial charge in [0.1, 0.15) is 12.4 Å². The number of benzene rings is 1. The average molecular weight is 192 g/mol. The summed E-state index contributed by atoms with van der Waals surface area (Å²) in [6, 6.07) is 8.22. The van der Waals surface area contributed by atoms with Crippen molar-refractivity contribution in [2.24, 2.45) is 4.99 Å². The van der Waals surface area contributed by atoms with Crippen molar-refractivity contribution >= 4 is 11.7 Å². The van der Waals surface area contributed by atoms with E-state index >= 15 is 0 Å². The second-order valence-corrected chi connectivity index (χ2v) is 2.86. The van der Waals surface area contributed by atoms with Gasteiger partial charge in [0.05, 0.1) is 19.3 Å². The lowest BCUT2D eigenvalue weighted by Crippen LogP contribution is -2.12. The number of hydrogen-bond acceptors (Lipinski definition) is 4. The summed E-state index contributed by atoms with van der Waals surface area (Å²) in [5.74, 6) is 0.783. The number of methoxy groups -OCH3 is 1. The van der Waals surface area contributed by atoms with Crippen molar-refractivity contribution in [3.05, 3.63) is 24.3 Å². The van der Waals surface area contributed by atoms with Crippen LogP contribution < -0.4 is 10.1 Å². The van der Waals surface area contributed by atoms with E-state index in [1.54, 1.807) is 7.11 Å². The van der Waals surface area contributed by atoms with Crippen LogP contribution in [0, 0.1) is 0 Å². The summed E-state index contributed by atoms with van der Waals surface area (Å²) in [4.78, 5) is 4.13. The highest BCUT2D eigenvalue weighted by molar-refractivity contribution is 5.91. The number of nitrogens with one attached hydrogen (secondary N) is 1. The quantitative estimate of drug-likeness (QED) is 0.772. The number of anilines is 1. The van der Waals surface area contributed by atoms with Crippen molar-refractivity contribution < 1.29 is 9.47 Å². The van der Waals surface area contributed by atoms with E-state index in [1.807, 2.05) is 24.3 Å². The molecule has 0 radical (unpaired) electrons. The largest absolute Gasteiger partial charge is 0.495 e. The summed E-state index contributed by atoms with van der Waals surface area (Å²) in [5, 5.41) is 3.06. The fourth-order valence-corrected chi connectivity index (χ4v) is 1.27. The van der Waals surface area contributed by atoms with Crippen LogP contribution in [-0.2, 0) is 4.74 Å². The zero-order valence-electron chi connectivity index (χ0n) is 7.99. The van der Waals surface area contributed by atoms with Crippen LogP contribution in [0.5, 0.6) is 5.75 Å². The summed E-state index contributed by atoms with van der Waals surface area (Å²) in [5.41, 5.74) is 0.871. The van der Waals surface area contributed by atoms with E-state index in [9.17, 15) is 0 Å². The van der Waals surface area contributed by atoms with Crippen molar-refractivity contribution in [3.63, 3.8) is 0 Å². The zero-order chi connectivity index (χ0) is 9.80. The molecule has 1 aromatic rings. The first-order valence-electron chi connectivity index (χ1n) is 4.47. The van der Waals surface area contributed by atoms with E-state index in [0.717, 1.165) is 18.0 Å². The zero-order valence-corrected chi connectivity index (χ0v) is 7.99. The number of aliphatic imine (C=N–C) groups is 1. The first-order valence-corrected chi connectivity index (χ1v) is 4.47. The van der Waals surface area contributed by atoms with Crippen LogP contribution in [0.2, 0.25) is 0 Å². The molecule has 0 bridgehead atoms. The van der Waals surface area contributed by atoms with Crippen LogP contribution in [-0.4, -0.2) is 26.3 Å². The second-order valence-electron chi connectivity index (χ2n) is 2.86. The molecule has 0 amide bonds. The Morgan fingerprint density at radius 2 is 2.29 bits per heavy atom. The third kappa shape index (κ3) is 1.79. The molecule has 74 valence electrons. The summed E-state index contributed by atoms with van der Waals surface area (Å²) in [6.45, 7) is 1.37. The van der Waals surface area contributed by atoms with Gasteiger partial charge in [-0.2, -0.15) is 0 Å². The maximum absolute atomic E-state index is 5.24. The smallest absolute Gasteiger partial charge is 0.289 e. The molecular weight excluding hydrogens is 180 g/mol. The van der Waals surface area contributed by atoms with Crippen LogP contribution in [0.15, 0.2) is 29.3 Å². The number of hydrogen-bond donors (Lipinski definition) is 1. The van der Waals surface area contributed by atoms with Crippen LogP contribution in [0.3, 0.4) is 0 Å². The van der Waals surface area contributed by atoms with E-state index in [4.69, 9.17) is 9.47 Å². The molecule has 1 N–H and O–H groups in total. The van der Waals surface area contributed by atoms with Gasteiger partial charge in [-0.25, -0.2) is 4.99 Å². The minimum Gasteiger partial charge on any atom is -0.495 e. The van der Waals surface area contributed by atoms with E-state index in [-0.39, 0.29) is 0 Å². The molecule has 0 saturated heterocycles. The molecule has 1 heterocycles. The summed E-state index contributed by atoms with van der Waals surface area (Å²) in [7, 11) is 1.64. The van der Waals surface area contributed by atoms with Crippen molar-refractivity contribution in [1.29, 1.82) is 0 Å². The Hall–Kier alpha value is -1.71. The molecule has 1 aliphatic heterocycles. The van der Waals surface area contributed by atoms with Gasteiger partial charge in [0, 0.05) is 0 Å². The second kappa shape index (κ2) is 4.00. The van der Waals surface area contributed by atoms with Gasteiger partial charge in [-0.3, -0.25) is 0 Å². The molecule has 0 aromatic heterocycles. The van der Waals surface area contributed by atoms with Gasteiger partial charge in [-0.05, 0) is 12.1 Å². The molecular formula is C10H12N2O2. The van der Waals surface area contributed by atoms with Gasteiger partial charge >= 0.3 is 0 Å². The average Bonchev–Trinajstić information content (AvgIpc) is 2.71. The van der Waals surface area contributed by atoms with Gasteiger partial charge < -0.3 is 14.8 Å². The van der Waals surface area contributed by atoms with Gasteiger partial charge in [-0.1, -0.05) is 12.1 Å². The standard InChI is InChI=1S/C10H12N2O2/c1-13-9-5-3-2-4-8(9)12-10-11-6-7-14-10/h2-5H,6-7H2,1H3,(H,11,12). The summed E-state index contributed by atoms with van der Waals surface area (Å²) in [6.07, 6.45) is 0. The Bertz CT molecular complexity index is 350. The highest BCUT2D eigenvalue weighted by atomic mass is 16.5. The molecule has 0 spiro atoms. The number of para-hydroxylation sites is 2. The van der Waals surface area contributed by atoms with E-state index in [0.29, 0.717) is 12.6 Å². The van der Waals surface area contributed by atoms with Crippen LogP contribution in [0.25, 0.3) is 0 Å². The van der Waals surface area contributed by atoms with Crippen LogP contribution in [0.4, 0.5) is 5.69 Å². The third-order valence-electron chi connectivity index (χ3n) is 1.93. The molecule has 0 fully saturated rings. The third-order valence-corrected chi connectivity index (χ3v) is 1.93. The SMILES string of the molecule is COc1ccccc1NC1=NCCO1. The highest BCUT2D eigenvalue weighted by Crippen LogP contribution is 2.23. The molecule has 4 heteroatoms. The monoisotopic (exact) mass is 192 g/mol. The van der Waals surface area contributed by atoms with E-state index < -0.39 is 0 Å². The molecule has 0 aliphatic carbocycles. The minimum atomic E-state index is 0.564. The molecule has 14 heavy (non-hydrogen) atoms. The molecule has 4 nitrogen and oxygen atoms in total. The number of ether oxygens (including phenoxy) is 2. The van der Waals surface area contributed by atoms with Crippen molar-refractivity contribution in [3.8, 4) is 5.75 Å². The lowest BCUT2D eigenvalue weighted by Gasteiger charge is -2.09. The van der Waals surface area contributed by atoms with Crippen molar-refractivity contribution in [2.75, 3.05) is 25.6 Å². The predicted molar refractivity (Wildman–Crippen MR) is 54.9 cm³/mol. The molecule has 0 unspecified atom stereocenters. The normalized spacial score (nSPS) is 14.5. The molecule has 0 atom stereocenters. The number of rotatable bonds is 2. The molecule has 1 aliphatic rings. The predicted octanol–water partition coefficient (Wildman–Crippen LogP) is 1.49. The van der Waals surface area contributed by atoms with Crippen LogP contribution in [0.1, 0.15) is 0 Å². The summed E-state index contributed by atoms with van der Waals surface area (Å²) < 4.78 is 10.4. The molecule has 0 saturated carbocycles. The van der Waals surface area contributed by atoms with Gasteiger partial charge in [0.25, 0.3) is 6.02 Å². The van der Waals surface area contributed by atoms with Crippen molar-refractivity contribution in [1.82, 2.24) is 0 Å². The van der Waals surface area contributed by atoms with E-state index in [1.165, 1.54) is 0 Å². The van der Waals surface area contributed by atoms with Gasteiger partial charge in [0.15, 0.2) is 0 Å². The Morgan fingerprint density at radius 3 is 3.00 bits per heavy atom. The van der Waals surface area contributed by atoms with Crippen molar-refractivity contribution in [2.45, 2.75) is 0 Å². The Balaban J connectivity index is 2.15. The Morgan fingerprint density at radius 1 is 1.43 bits per heavy atom. The highest BCUT2D eigenvalue weighted by Gasteiger charge is 2.09. The summed E-state index contributed by atoms with van der Waals surface area (Å²) >= 11 is 0. The van der Waals surface area contributed by atoms with Crippen LogP contribution >= 0.6 is 0 Å². The topological polar surface area (TPSA) is 42.8 Å². The van der Waals surface area contributed by atoms with E-state index in [2.05, 4.69) is 10.3 Å². The fraction of sp³-hybridized carbons (Fsp3) is 0.300. The first kappa shape index (κ1) is 8.87. The fourth-order valence-electron chi connectivity index (χ4n) is 1.27. The number of amidine groups is 1.